The highest BCUT2D eigenvalue weighted by molar-refractivity contribution is 8.00. The number of carbonyl (C=O) groups excluding carboxylic acids is 2. The van der Waals surface area contributed by atoms with Gasteiger partial charge in [-0.3, -0.25) is 14.7 Å². The monoisotopic (exact) mass is 380 g/mol. The molecule has 3 rings (SSSR count). The van der Waals surface area contributed by atoms with E-state index in [1.807, 2.05) is 72.3 Å². The Morgan fingerprint density at radius 2 is 1.89 bits per heavy atom. The summed E-state index contributed by atoms with van der Waals surface area (Å²) in [7, 11) is 1.47. The van der Waals surface area contributed by atoms with Crippen LogP contribution in [0.4, 0.5) is 4.79 Å². The summed E-state index contributed by atoms with van der Waals surface area (Å²) in [6.07, 6.45) is 3.55. The molecule has 0 spiro atoms. The van der Waals surface area contributed by atoms with Crippen LogP contribution in [0.1, 0.15) is 16.4 Å². The average molecular weight is 380 g/mol. The minimum absolute atomic E-state index is 0.399. The molecule has 0 fully saturated rings. The van der Waals surface area contributed by atoms with E-state index in [0.29, 0.717) is 5.16 Å². The molecule has 1 heterocycles. The van der Waals surface area contributed by atoms with E-state index in [9.17, 15) is 9.59 Å². The predicted molar refractivity (Wildman–Crippen MR) is 106 cm³/mol. The standard InChI is InChI=1S/C20H20N4O2S/c1-14-7-6-10-16(13-14)24-12-11-22-20(24)27-17(15-8-4-3-5-9-15)18(25)23-19(26)21-2/h3-13,17H,1-2H3,(H2,21,23,25,26). The van der Waals surface area contributed by atoms with E-state index in [0.717, 1.165) is 16.8 Å². The Hall–Kier alpha value is -3.06. The number of rotatable bonds is 5. The number of hydrogen-bond donors (Lipinski definition) is 2. The Labute approximate surface area is 162 Å². The third-order valence-corrected chi connectivity index (χ3v) is 5.15. The van der Waals surface area contributed by atoms with Crippen LogP contribution in [0.25, 0.3) is 5.69 Å². The molecule has 0 saturated carbocycles. The molecule has 1 atom stereocenters. The number of imidazole rings is 1. The van der Waals surface area contributed by atoms with Gasteiger partial charge in [0.15, 0.2) is 5.16 Å². The highest BCUT2D eigenvalue weighted by Gasteiger charge is 2.25. The van der Waals surface area contributed by atoms with E-state index in [4.69, 9.17) is 0 Å². The number of aryl methyl sites for hydroxylation is 1. The summed E-state index contributed by atoms with van der Waals surface area (Å²) in [5.74, 6) is -0.399. The Bertz CT molecular complexity index is 940. The highest BCUT2D eigenvalue weighted by Crippen LogP contribution is 2.35. The first kappa shape index (κ1) is 18.7. The normalized spacial score (nSPS) is 11.6. The molecular formula is C20H20N4O2S. The van der Waals surface area contributed by atoms with Gasteiger partial charge in [0.2, 0.25) is 5.91 Å². The fourth-order valence-electron chi connectivity index (χ4n) is 2.60. The van der Waals surface area contributed by atoms with Gasteiger partial charge in [-0.25, -0.2) is 9.78 Å². The number of nitrogens with zero attached hydrogens (tertiary/aromatic N) is 2. The molecule has 0 bridgehead atoms. The van der Waals surface area contributed by atoms with Crippen LogP contribution in [0.5, 0.6) is 0 Å². The van der Waals surface area contributed by atoms with Crippen LogP contribution in [0.15, 0.2) is 72.1 Å². The molecule has 138 valence electrons. The highest BCUT2D eigenvalue weighted by atomic mass is 32.2. The van der Waals surface area contributed by atoms with Crippen LogP contribution >= 0.6 is 11.8 Å². The molecule has 1 unspecified atom stereocenters. The molecule has 0 aliphatic carbocycles. The number of benzene rings is 2. The summed E-state index contributed by atoms with van der Waals surface area (Å²) in [5, 5.41) is 4.82. The Morgan fingerprint density at radius 1 is 1.11 bits per heavy atom. The second-order valence-electron chi connectivity index (χ2n) is 5.90. The lowest BCUT2D eigenvalue weighted by atomic mass is 10.1. The first-order valence-electron chi connectivity index (χ1n) is 8.43. The summed E-state index contributed by atoms with van der Waals surface area (Å²) in [4.78, 5) is 28.7. The minimum Gasteiger partial charge on any atom is -0.341 e. The van der Waals surface area contributed by atoms with Crippen LogP contribution in [-0.2, 0) is 4.79 Å². The van der Waals surface area contributed by atoms with E-state index in [1.54, 1.807) is 6.20 Å². The van der Waals surface area contributed by atoms with Crippen molar-refractivity contribution in [1.29, 1.82) is 0 Å². The van der Waals surface area contributed by atoms with Crippen LogP contribution in [-0.4, -0.2) is 28.5 Å². The van der Waals surface area contributed by atoms with Gasteiger partial charge < -0.3 is 5.32 Å². The van der Waals surface area contributed by atoms with E-state index >= 15 is 0 Å². The number of imide groups is 1. The third-order valence-electron chi connectivity index (χ3n) is 3.91. The van der Waals surface area contributed by atoms with Gasteiger partial charge >= 0.3 is 6.03 Å². The SMILES string of the molecule is CNC(=O)NC(=O)C(Sc1nccn1-c1cccc(C)c1)c1ccccc1. The predicted octanol–water partition coefficient (Wildman–Crippen LogP) is 3.47. The van der Waals surface area contributed by atoms with E-state index < -0.39 is 17.2 Å². The smallest absolute Gasteiger partial charge is 0.321 e. The molecule has 1 aromatic heterocycles. The van der Waals surface area contributed by atoms with Gasteiger partial charge in [-0.15, -0.1) is 0 Å². The lowest BCUT2D eigenvalue weighted by Crippen LogP contribution is -2.39. The zero-order valence-corrected chi connectivity index (χ0v) is 15.9. The molecule has 0 aliphatic rings. The number of thioether (sulfide) groups is 1. The van der Waals surface area contributed by atoms with Crippen molar-refractivity contribution in [3.05, 3.63) is 78.1 Å². The summed E-state index contributed by atoms with van der Waals surface area (Å²) < 4.78 is 1.93. The summed E-state index contributed by atoms with van der Waals surface area (Å²) in [5.41, 5.74) is 2.89. The molecule has 2 N–H and O–H groups in total. The second kappa shape index (κ2) is 8.55. The maximum atomic E-state index is 12.7. The Kier molecular flexibility index (Phi) is 5.93. The van der Waals surface area contributed by atoms with Crippen molar-refractivity contribution in [2.24, 2.45) is 0 Å². The number of urea groups is 1. The van der Waals surface area contributed by atoms with Crippen molar-refractivity contribution in [3.8, 4) is 5.69 Å². The quantitative estimate of drug-likeness (QED) is 0.665. The van der Waals surface area contributed by atoms with Gasteiger partial charge in [0, 0.05) is 25.1 Å². The molecule has 27 heavy (non-hydrogen) atoms. The molecule has 3 aromatic rings. The molecule has 2 aromatic carbocycles. The third kappa shape index (κ3) is 4.57. The van der Waals surface area contributed by atoms with Crippen LogP contribution < -0.4 is 10.6 Å². The van der Waals surface area contributed by atoms with Crippen LogP contribution in [0.3, 0.4) is 0 Å². The molecule has 0 radical (unpaired) electrons. The first-order chi connectivity index (χ1) is 13.1. The molecule has 0 saturated heterocycles. The number of hydrogen-bond acceptors (Lipinski definition) is 4. The number of amides is 3. The van der Waals surface area contributed by atoms with Crippen LogP contribution in [0, 0.1) is 6.92 Å². The lowest BCUT2D eigenvalue weighted by molar-refractivity contribution is -0.119. The fraction of sp³-hybridized carbons (Fsp3) is 0.150. The number of aromatic nitrogens is 2. The van der Waals surface area contributed by atoms with Gasteiger partial charge in [0.25, 0.3) is 0 Å². The molecule has 7 heteroatoms. The van der Waals surface area contributed by atoms with Crippen molar-refractivity contribution < 1.29 is 9.59 Å². The maximum absolute atomic E-state index is 12.7. The van der Waals surface area contributed by atoms with Crippen molar-refractivity contribution in [3.63, 3.8) is 0 Å². The zero-order chi connectivity index (χ0) is 19.2. The van der Waals surface area contributed by atoms with Crippen LogP contribution in [0.2, 0.25) is 0 Å². The molecule has 3 amide bonds. The molecule has 0 aliphatic heterocycles. The van der Waals surface area contributed by atoms with Crippen molar-refractivity contribution >= 4 is 23.7 Å². The van der Waals surface area contributed by atoms with Gasteiger partial charge in [-0.1, -0.05) is 54.2 Å². The van der Waals surface area contributed by atoms with Crippen molar-refractivity contribution in [2.75, 3.05) is 7.05 Å². The largest absolute Gasteiger partial charge is 0.341 e. The fourth-order valence-corrected chi connectivity index (χ4v) is 3.67. The van der Waals surface area contributed by atoms with Gasteiger partial charge in [-0.05, 0) is 30.2 Å². The van der Waals surface area contributed by atoms with Crippen molar-refractivity contribution in [2.45, 2.75) is 17.3 Å². The van der Waals surface area contributed by atoms with E-state index in [-0.39, 0.29) is 0 Å². The molecular weight excluding hydrogens is 360 g/mol. The first-order valence-corrected chi connectivity index (χ1v) is 9.31. The number of carbonyl (C=O) groups is 2. The zero-order valence-electron chi connectivity index (χ0n) is 15.0. The lowest BCUT2D eigenvalue weighted by Gasteiger charge is -2.17. The van der Waals surface area contributed by atoms with E-state index in [1.165, 1.54) is 18.8 Å². The number of nitrogens with one attached hydrogen (secondary N) is 2. The van der Waals surface area contributed by atoms with Gasteiger partial charge in [0.1, 0.15) is 5.25 Å². The minimum atomic E-state index is -0.616. The average Bonchev–Trinajstić information content (AvgIpc) is 3.15. The van der Waals surface area contributed by atoms with Gasteiger partial charge in [-0.2, -0.15) is 0 Å². The van der Waals surface area contributed by atoms with Gasteiger partial charge in [0.05, 0.1) is 0 Å². The topological polar surface area (TPSA) is 76.0 Å². The summed E-state index contributed by atoms with van der Waals surface area (Å²) >= 11 is 1.30. The summed E-state index contributed by atoms with van der Waals surface area (Å²) in [6, 6.07) is 16.8. The summed E-state index contributed by atoms with van der Waals surface area (Å²) in [6.45, 7) is 2.02. The second-order valence-corrected chi connectivity index (χ2v) is 6.97. The van der Waals surface area contributed by atoms with Crippen molar-refractivity contribution in [1.82, 2.24) is 20.2 Å². The Morgan fingerprint density at radius 3 is 2.59 bits per heavy atom. The Balaban J connectivity index is 1.93. The maximum Gasteiger partial charge on any atom is 0.321 e. The van der Waals surface area contributed by atoms with E-state index in [2.05, 4.69) is 15.6 Å². The molecule has 6 nitrogen and oxygen atoms in total.